The Kier molecular flexibility index (Phi) is 5.80. The van der Waals surface area contributed by atoms with Crippen LogP contribution in [0.4, 0.5) is 5.69 Å². The van der Waals surface area contributed by atoms with Gasteiger partial charge in [0.1, 0.15) is 0 Å². The van der Waals surface area contributed by atoms with Crippen LogP contribution < -0.4 is 5.43 Å². The van der Waals surface area contributed by atoms with E-state index in [2.05, 4.69) is 22.7 Å². The largest absolute Gasteiger partial charge is 0.396 e. The van der Waals surface area contributed by atoms with Crippen LogP contribution in [0.3, 0.4) is 0 Å². The van der Waals surface area contributed by atoms with Gasteiger partial charge in [0.25, 0.3) is 0 Å². The van der Waals surface area contributed by atoms with Crippen molar-refractivity contribution in [3.63, 3.8) is 0 Å². The molecule has 3 nitrogen and oxygen atoms in total. The minimum Gasteiger partial charge on any atom is -0.396 e. The fourth-order valence-electron chi connectivity index (χ4n) is 2.00. The molecular weight excluding hydrogens is 248 g/mol. The number of aliphatic hydroxyl groups excluding tert-OH is 1. The van der Waals surface area contributed by atoms with Crippen LogP contribution in [0.5, 0.6) is 0 Å². The van der Waals surface area contributed by atoms with Crippen molar-refractivity contribution in [2.75, 3.05) is 12.0 Å². The van der Waals surface area contributed by atoms with E-state index in [1.54, 1.807) is 0 Å². The molecule has 2 N–H and O–H groups in total. The maximum Gasteiger partial charge on any atom is 0.0561 e. The molecule has 0 bridgehead atoms. The van der Waals surface area contributed by atoms with Crippen LogP contribution in [0.15, 0.2) is 65.8 Å². The standard InChI is InChI=1S/C17H20N2O/c20-14-16(13-15-7-3-1-4-8-15)11-12-18-19-17-9-5-2-6-10-17/h1-10,12,16,19-20H,11,13-14H2. The zero-order valence-corrected chi connectivity index (χ0v) is 11.4. The zero-order chi connectivity index (χ0) is 14.0. The Morgan fingerprint density at radius 2 is 1.65 bits per heavy atom. The normalized spacial score (nSPS) is 12.4. The van der Waals surface area contributed by atoms with E-state index in [4.69, 9.17) is 0 Å². The molecule has 0 aliphatic carbocycles. The number of hydrazone groups is 1. The highest BCUT2D eigenvalue weighted by molar-refractivity contribution is 5.59. The third kappa shape index (κ3) is 4.86. The number of anilines is 1. The average Bonchev–Trinajstić information content (AvgIpc) is 2.52. The van der Waals surface area contributed by atoms with Gasteiger partial charge in [-0.05, 0) is 36.5 Å². The molecule has 0 spiro atoms. The molecule has 104 valence electrons. The molecule has 0 heterocycles. The third-order valence-corrected chi connectivity index (χ3v) is 3.12. The molecule has 0 fully saturated rings. The highest BCUT2D eigenvalue weighted by Gasteiger charge is 2.06. The maximum absolute atomic E-state index is 9.42. The number of aliphatic hydroxyl groups is 1. The van der Waals surface area contributed by atoms with E-state index < -0.39 is 0 Å². The van der Waals surface area contributed by atoms with E-state index in [0.29, 0.717) is 0 Å². The minimum absolute atomic E-state index is 0.173. The predicted molar refractivity (Wildman–Crippen MR) is 83.9 cm³/mol. The van der Waals surface area contributed by atoms with E-state index in [9.17, 15) is 5.11 Å². The predicted octanol–water partition coefficient (Wildman–Crippen LogP) is 3.33. The highest BCUT2D eigenvalue weighted by atomic mass is 16.3. The van der Waals surface area contributed by atoms with Crippen LogP contribution in [-0.2, 0) is 6.42 Å². The van der Waals surface area contributed by atoms with Gasteiger partial charge in [-0.15, -0.1) is 0 Å². The van der Waals surface area contributed by atoms with E-state index in [-0.39, 0.29) is 12.5 Å². The molecular formula is C17H20N2O. The SMILES string of the molecule is OCC(CC=NNc1ccccc1)Cc1ccccc1. The van der Waals surface area contributed by atoms with Gasteiger partial charge in [0.2, 0.25) is 0 Å². The molecule has 20 heavy (non-hydrogen) atoms. The first kappa shape index (κ1) is 14.3. The topological polar surface area (TPSA) is 44.6 Å². The fraction of sp³-hybridized carbons (Fsp3) is 0.235. The molecule has 2 aromatic rings. The van der Waals surface area contributed by atoms with Crippen molar-refractivity contribution >= 4 is 11.9 Å². The van der Waals surface area contributed by atoms with Gasteiger partial charge in [-0.2, -0.15) is 5.10 Å². The van der Waals surface area contributed by atoms with Gasteiger partial charge in [-0.1, -0.05) is 48.5 Å². The molecule has 0 aliphatic heterocycles. The molecule has 3 heteroatoms. The number of para-hydroxylation sites is 1. The van der Waals surface area contributed by atoms with Crippen molar-refractivity contribution < 1.29 is 5.11 Å². The van der Waals surface area contributed by atoms with Crippen molar-refractivity contribution in [1.82, 2.24) is 0 Å². The van der Waals surface area contributed by atoms with Gasteiger partial charge in [0, 0.05) is 12.8 Å². The van der Waals surface area contributed by atoms with Gasteiger partial charge in [0.15, 0.2) is 0 Å². The number of nitrogens with one attached hydrogen (secondary N) is 1. The molecule has 0 aromatic heterocycles. The number of hydrogen-bond acceptors (Lipinski definition) is 3. The summed E-state index contributed by atoms with van der Waals surface area (Å²) in [5.74, 6) is 0.207. The summed E-state index contributed by atoms with van der Waals surface area (Å²) in [5, 5.41) is 13.6. The van der Waals surface area contributed by atoms with Crippen molar-refractivity contribution in [2.45, 2.75) is 12.8 Å². The molecule has 0 saturated carbocycles. The highest BCUT2D eigenvalue weighted by Crippen LogP contribution is 2.11. The van der Waals surface area contributed by atoms with Crippen LogP contribution in [0.1, 0.15) is 12.0 Å². The van der Waals surface area contributed by atoms with E-state index >= 15 is 0 Å². The van der Waals surface area contributed by atoms with E-state index in [1.807, 2.05) is 54.7 Å². The Morgan fingerprint density at radius 3 is 2.30 bits per heavy atom. The molecule has 1 atom stereocenters. The first-order valence-electron chi connectivity index (χ1n) is 6.86. The lowest BCUT2D eigenvalue weighted by Crippen LogP contribution is -2.10. The van der Waals surface area contributed by atoms with Gasteiger partial charge < -0.3 is 5.11 Å². The Labute approximate surface area is 120 Å². The maximum atomic E-state index is 9.42. The van der Waals surface area contributed by atoms with Crippen LogP contribution in [-0.4, -0.2) is 17.9 Å². The third-order valence-electron chi connectivity index (χ3n) is 3.12. The Balaban J connectivity index is 1.79. The second-order valence-corrected chi connectivity index (χ2v) is 4.76. The quantitative estimate of drug-likeness (QED) is 0.597. The summed E-state index contributed by atoms with van der Waals surface area (Å²) >= 11 is 0. The van der Waals surface area contributed by atoms with Gasteiger partial charge in [-0.3, -0.25) is 5.43 Å². The zero-order valence-electron chi connectivity index (χ0n) is 11.4. The summed E-state index contributed by atoms with van der Waals surface area (Å²) in [6.45, 7) is 0.173. The van der Waals surface area contributed by atoms with Gasteiger partial charge >= 0.3 is 0 Å². The van der Waals surface area contributed by atoms with E-state index in [0.717, 1.165) is 18.5 Å². The van der Waals surface area contributed by atoms with Crippen molar-refractivity contribution in [2.24, 2.45) is 11.0 Å². The molecule has 2 rings (SSSR count). The van der Waals surface area contributed by atoms with Gasteiger partial charge in [0.05, 0.1) is 5.69 Å². The molecule has 0 aliphatic rings. The Hall–Kier alpha value is -2.13. The number of rotatable bonds is 7. The van der Waals surface area contributed by atoms with Crippen molar-refractivity contribution in [3.05, 3.63) is 66.2 Å². The number of benzene rings is 2. The first-order valence-corrected chi connectivity index (χ1v) is 6.86. The Morgan fingerprint density at radius 1 is 1.00 bits per heavy atom. The molecule has 1 unspecified atom stereocenters. The second-order valence-electron chi connectivity index (χ2n) is 4.76. The number of hydrogen-bond donors (Lipinski definition) is 2. The van der Waals surface area contributed by atoms with Gasteiger partial charge in [-0.25, -0.2) is 0 Å². The molecule has 0 saturated heterocycles. The summed E-state index contributed by atoms with van der Waals surface area (Å²) in [7, 11) is 0. The van der Waals surface area contributed by atoms with Crippen LogP contribution in [0, 0.1) is 5.92 Å². The summed E-state index contributed by atoms with van der Waals surface area (Å²) in [5.41, 5.74) is 5.19. The Bertz CT molecular complexity index is 511. The number of nitrogens with zero attached hydrogens (tertiary/aromatic N) is 1. The second kappa shape index (κ2) is 8.12. The van der Waals surface area contributed by atoms with Crippen LogP contribution in [0.2, 0.25) is 0 Å². The smallest absolute Gasteiger partial charge is 0.0561 e. The summed E-state index contributed by atoms with van der Waals surface area (Å²) in [4.78, 5) is 0. The lowest BCUT2D eigenvalue weighted by molar-refractivity contribution is 0.230. The van der Waals surface area contributed by atoms with Crippen LogP contribution >= 0.6 is 0 Å². The molecule has 2 aromatic carbocycles. The minimum atomic E-state index is 0.173. The lowest BCUT2D eigenvalue weighted by Gasteiger charge is -2.11. The molecule has 0 radical (unpaired) electrons. The lowest BCUT2D eigenvalue weighted by atomic mass is 9.98. The fourth-order valence-corrected chi connectivity index (χ4v) is 2.00. The van der Waals surface area contributed by atoms with Crippen molar-refractivity contribution in [1.29, 1.82) is 0 Å². The van der Waals surface area contributed by atoms with Crippen molar-refractivity contribution in [3.8, 4) is 0 Å². The average molecular weight is 268 g/mol. The summed E-state index contributed by atoms with van der Waals surface area (Å²) in [6.07, 6.45) is 3.46. The summed E-state index contributed by atoms with van der Waals surface area (Å²) in [6, 6.07) is 20.0. The monoisotopic (exact) mass is 268 g/mol. The summed E-state index contributed by atoms with van der Waals surface area (Å²) < 4.78 is 0. The van der Waals surface area contributed by atoms with Crippen LogP contribution in [0.25, 0.3) is 0 Å². The molecule has 0 amide bonds. The first-order chi connectivity index (χ1) is 9.88. The van der Waals surface area contributed by atoms with E-state index in [1.165, 1.54) is 5.56 Å².